The molecule has 0 saturated heterocycles. The van der Waals surface area contributed by atoms with E-state index in [9.17, 15) is 9.59 Å². The van der Waals surface area contributed by atoms with Gasteiger partial charge in [0.2, 0.25) is 11.8 Å². The first-order chi connectivity index (χ1) is 8.15. The Bertz CT molecular complexity index is 231. The average molecular weight is 260 g/mol. The molecule has 0 unspecified atom stereocenters. The van der Waals surface area contributed by atoms with Gasteiger partial charge in [-0.25, -0.2) is 0 Å². The van der Waals surface area contributed by atoms with Gasteiger partial charge < -0.3 is 10.2 Å². The maximum absolute atomic E-state index is 11.6. The fourth-order valence-electron chi connectivity index (χ4n) is 1.58. The van der Waals surface area contributed by atoms with Gasteiger partial charge in [0.1, 0.15) is 0 Å². The Hall–Kier alpha value is -0.710. The van der Waals surface area contributed by atoms with E-state index in [0.717, 1.165) is 25.9 Å². The molecule has 1 N–H and O–H groups in total. The Labute approximate surface area is 110 Å². The standard InChI is InChI=1S/C12H24N2O2S/c1-3-14(4-2)12(16)8-6-5-7-11(15)13-9-10-17/h17H,3-10H2,1-2H3,(H,13,15). The number of amides is 2. The minimum atomic E-state index is 0.0503. The molecule has 0 aromatic rings. The summed E-state index contributed by atoms with van der Waals surface area (Å²) in [6.07, 6.45) is 2.59. The second-order valence-electron chi connectivity index (χ2n) is 3.85. The second-order valence-corrected chi connectivity index (χ2v) is 4.29. The topological polar surface area (TPSA) is 49.4 Å². The smallest absolute Gasteiger partial charge is 0.222 e. The minimum Gasteiger partial charge on any atom is -0.355 e. The number of hydrogen-bond acceptors (Lipinski definition) is 3. The van der Waals surface area contributed by atoms with Gasteiger partial charge in [-0.2, -0.15) is 12.6 Å². The first-order valence-electron chi connectivity index (χ1n) is 6.31. The van der Waals surface area contributed by atoms with Crippen LogP contribution in [0.4, 0.5) is 0 Å². The highest BCUT2D eigenvalue weighted by Crippen LogP contribution is 2.03. The molecule has 0 aromatic heterocycles. The molecule has 5 heteroatoms. The van der Waals surface area contributed by atoms with Crippen LogP contribution in [0.15, 0.2) is 0 Å². The first-order valence-corrected chi connectivity index (χ1v) is 6.94. The van der Waals surface area contributed by atoms with E-state index in [1.54, 1.807) is 0 Å². The molecule has 0 saturated carbocycles. The molecule has 0 radical (unpaired) electrons. The fourth-order valence-corrected chi connectivity index (χ4v) is 1.69. The van der Waals surface area contributed by atoms with Crippen molar-refractivity contribution in [1.29, 1.82) is 0 Å². The van der Waals surface area contributed by atoms with Crippen molar-refractivity contribution in [2.75, 3.05) is 25.4 Å². The lowest BCUT2D eigenvalue weighted by Gasteiger charge is -2.18. The van der Waals surface area contributed by atoms with Gasteiger partial charge in [-0.05, 0) is 26.7 Å². The van der Waals surface area contributed by atoms with Crippen molar-refractivity contribution in [3.05, 3.63) is 0 Å². The molecule has 0 heterocycles. The fraction of sp³-hybridized carbons (Fsp3) is 0.833. The number of hydrogen-bond donors (Lipinski definition) is 2. The molecule has 17 heavy (non-hydrogen) atoms. The number of rotatable bonds is 9. The van der Waals surface area contributed by atoms with E-state index in [1.165, 1.54) is 0 Å². The molecular formula is C12H24N2O2S. The maximum Gasteiger partial charge on any atom is 0.222 e. The van der Waals surface area contributed by atoms with Crippen LogP contribution in [0, 0.1) is 0 Å². The summed E-state index contributed by atoms with van der Waals surface area (Å²) in [6.45, 7) is 6.09. The van der Waals surface area contributed by atoms with Crippen LogP contribution in [-0.2, 0) is 9.59 Å². The lowest BCUT2D eigenvalue weighted by atomic mass is 10.1. The predicted octanol–water partition coefficient (Wildman–Crippen LogP) is 1.46. The second kappa shape index (κ2) is 10.4. The van der Waals surface area contributed by atoms with Crippen LogP contribution in [-0.4, -0.2) is 42.1 Å². The van der Waals surface area contributed by atoms with Gasteiger partial charge in [-0.15, -0.1) is 0 Å². The Morgan fingerprint density at radius 1 is 1.12 bits per heavy atom. The average Bonchev–Trinajstić information content (AvgIpc) is 2.33. The summed E-state index contributed by atoms with van der Waals surface area (Å²) < 4.78 is 0. The van der Waals surface area contributed by atoms with E-state index in [-0.39, 0.29) is 11.8 Å². The highest BCUT2D eigenvalue weighted by Gasteiger charge is 2.09. The van der Waals surface area contributed by atoms with Gasteiger partial charge in [-0.3, -0.25) is 9.59 Å². The molecule has 0 bridgehead atoms. The molecule has 0 atom stereocenters. The highest BCUT2D eigenvalue weighted by atomic mass is 32.1. The normalized spacial score (nSPS) is 10.1. The number of nitrogens with one attached hydrogen (secondary N) is 1. The lowest BCUT2D eigenvalue weighted by Crippen LogP contribution is -2.30. The molecule has 0 rings (SSSR count). The van der Waals surface area contributed by atoms with E-state index in [1.807, 2.05) is 18.7 Å². The molecule has 2 amide bonds. The SMILES string of the molecule is CCN(CC)C(=O)CCCCC(=O)NCCS. The molecule has 0 aromatic carbocycles. The molecule has 0 fully saturated rings. The van der Waals surface area contributed by atoms with Crippen LogP contribution >= 0.6 is 12.6 Å². The zero-order chi connectivity index (χ0) is 13.1. The number of unbranched alkanes of at least 4 members (excludes halogenated alkanes) is 1. The van der Waals surface area contributed by atoms with E-state index < -0.39 is 0 Å². The van der Waals surface area contributed by atoms with Gasteiger partial charge in [0.25, 0.3) is 0 Å². The Morgan fingerprint density at radius 3 is 2.24 bits per heavy atom. The lowest BCUT2D eigenvalue weighted by molar-refractivity contribution is -0.131. The zero-order valence-electron chi connectivity index (χ0n) is 10.9. The highest BCUT2D eigenvalue weighted by molar-refractivity contribution is 7.80. The Balaban J connectivity index is 3.57. The van der Waals surface area contributed by atoms with E-state index in [2.05, 4.69) is 17.9 Å². The summed E-state index contributed by atoms with van der Waals surface area (Å²) >= 11 is 4.01. The van der Waals surface area contributed by atoms with Crippen molar-refractivity contribution < 1.29 is 9.59 Å². The molecule has 0 aliphatic heterocycles. The van der Waals surface area contributed by atoms with E-state index in [0.29, 0.717) is 25.1 Å². The van der Waals surface area contributed by atoms with E-state index >= 15 is 0 Å². The minimum absolute atomic E-state index is 0.0503. The Kier molecular flexibility index (Phi) is 10.0. The van der Waals surface area contributed by atoms with Gasteiger partial charge in [0.05, 0.1) is 0 Å². The Morgan fingerprint density at radius 2 is 1.71 bits per heavy atom. The van der Waals surface area contributed by atoms with Crippen molar-refractivity contribution in [2.45, 2.75) is 39.5 Å². The number of carbonyl (C=O) groups is 2. The molecular weight excluding hydrogens is 236 g/mol. The van der Waals surface area contributed by atoms with Crippen LogP contribution in [0.1, 0.15) is 39.5 Å². The maximum atomic E-state index is 11.6. The molecule has 0 spiro atoms. The molecule has 100 valence electrons. The van der Waals surface area contributed by atoms with Gasteiger partial charge >= 0.3 is 0 Å². The van der Waals surface area contributed by atoms with Gasteiger partial charge in [0.15, 0.2) is 0 Å². The zero-order valence-corrected chi connectivity index (χ0v) is 11.8. The third-order valence-electron chi connectivity index (χ3n) is 2.59. The van der Waals surface area contributed by atoms with Crippen LogP contribution in [0.25, 0.3) is 0 Å². The van der Waals surface area contributed by atoms with Crippen LogP contribution in [0.5, 0.6) is 0 Å². The molecule has 4 nitrogen and oxygen atoms in total. The van der Waals surface area contributed by atoms with Crippen molar-refractivity contribution in [3.63, 3.8) is 0 Å². The van der Waals surface area contributed by atoms with Crippen molar-refractivity contribution in [2.24, 2.45) is 0 Å². The monoisotopic (exact) mass is 260 g/mol. The number of nitrogens with zero attached hydrogens (tertiary/aromatic N) is 1. The third-order valence-corrected chi connectivity index (χ3v) is 2.82. The quantitative estimate of drug-likeness (QED) is 0.487. The largest absolute Gasteiger partial charge is 0.355 e. The third kappa shape index (κ3) is 8.07. The van der Waals surface area contributed by atoms with Crippen LogP contribution in [0.3, 0.4) is 0 Å². The summed E-state index contributed by atoms with van der Waals surface area (Å²) in [7, 11) is 0. The van der Waals surface area contributed by atoms with Crippen molar-refractivity contribution in [3.8, 4) is 0 Å². The van der Waals surface area contributed by atoms with E-state index in [4.69, 9.17) is 0 Å². The van der Waals surface area contributed by atoms with Crippen LogP contribution in [0.2, 0.25) is 0 Å². The predicted molar refractivity (Wildman–Crippen MR) is 73.3 cm³/mol. The summed E-state index contributed by atoms with van der Waals surface area (Å²) in [5, 5.41) is 2.75. The van der Waals surface area contributed by atoms with Gasteiger partial charge in [0, 0.05) is 38.2 Å². The van der Waals surface area contributed by atoms with Crippen molar-refractivity contribution in [1.82, 2.24) is 10.2 Å². The summed E-state index contributed by atoms with van der Waals surface area (Å²) in [5.74, 6) is 0.895. The molecule has 0 aliphatic rings. The number of carbonyl (C=O) groups excluding carboxylic acids is 2. The summed E-state index contributed by atoms with van der Waals surface area (Å²) in [6, 6.07) is 0. The number of thiol groups is 1. The van der Waals surface area contributed by atoms with Gasteiger partial charge in [-0.1, -0.05) is 0 Å². The van der Waals surface area contributed by atoms with Crippen LogP contribution < -0.4 is 5.32 Å². The molecule has 0 aliphatic carbocycles. The summed E-state index contributed by atoms with van der Waals surface area (Å²) in [5.41, 5.74) is 0. The first kappa shape index (κ1) is 16.3. The van der Waals surface area contributed by atoms with Crippen molar-refractivity contribution >= 4 is 24.4 Å². The summed E-state index contributed by atoms with van der Waals surface area (Å²) in [4.78, 5) is 24.7.